The van der Waals surface area contributed by atoms with Crippen molar-refractivity contribution in [2.75, 3.05) is 4.90 Å². The van der Waals surface area contributed by atoms with E-state index in [0.717, 1.165) is 5.69 Å². The molecule has 0 radical (unpaired) electrons. The highest BCUT2D eigenvalue weighted by atomic mass is 15.1. The lowest BCUT2D eigenvalue weighted by Gasteiger charge is -2.36. The minimum atomic E-state index is -0.304. The summed E-state index contributed by atoms with van der Waals surface area (Å²) in [7, 11) is 0. The van der Waals surface area contributed by atoms with Gasteiger partial charge in [0.05, 0.1) is 0 Å². The fraction of sp³-hybridized carbons (Fsp3) is 0.169. The summed E-state index contributed by atoms with van der Waals surface area (Å²) in [5, 5.41) is 0. The fourth-order valence-corrected chi connectivity index (χ4v) is 13.3. The summed E-state index contributed by atoms with van der Waals surface area (Å²) < 4.78 is 0. The Morgan fingerprint density at radius 2 is 0.803 bits per heavy atom. The van der Waals surface area contributed by atoms with Gasteiger partial charge < -0.3 is 4.90 Å². The maximum absolute atomic E-state index is 2.57. The Kier molecular flexibility index (Phi) is 8.69. The van der Waals surface area contributed by atoms with Crippen LogP contribution in [0.1, 0.15) is 91.8 Å². The molecule has 0 saturated heterocycles. The van der Waals surface area contributed by atoms with Crippen molar-refractivity contribution in [2.45, 2.75) is 69.1 Å². The number of benzene rings is 9. The molecule has 13 rings (SSSR count). The second-order valence-corrected chi connectivity index (χ2v) is 20.0. The first-order chi connectivity index (χ1) is 32.4. The molecule has 0 heterocycles. The molecule has 1 fully saturated rings. The number of fused-ring (bicyclic) bond motifs is 11. The summed E-state index contributed by atoms with van der Waals surface area (Å²) in [6.45, 7) is 7.21. The average molecular weight is 848 g/mol. The molecule has 1 saturated carbocycles. The van der Waals surface area contributed by atoms with Gasteiger partial charge in [0.1, 0.15) is 0 Å². The van der Waals surface area contributed by atoms with Crippen molar-refractivity contribution in [1.82, 2.24) is 0 Å². The van der Waals surface area contributed by atoms with Crippen LogP contribution in [0.3, 0.4) is 0 Å². The van der Waals surface area contributed by atoms with Gasteiger partial charge in [-0.15, -0.1) is 0 Å². The average Bonchev–Trinajstić information content (AvgIpc) is 3.89. The molecule has 9 aromatic rings. The third-order valence-electron chi connectivity index (χ3n) is 16.4. The molecule has 0 bridgehead atoms. The SMILES string of the molecule is CC1(C)c2ccccc2-c2cccc(-c3ccccc3-c3ccc(N(c4ccc5c(c4)C4(CCCCC4)c4ccccc4-5)c4ccc5c(c4)C(C)(c4ccccc4)c4ccccc4-5)cc3)c21. The number of rotatable bonds is 6. The lowest BCUT2D eigenvalue weighted by Crippen LogP contribution is -2.28. The van der Waals surface area contributed by atoms with Gasteiger partial charge in [-0.2, -0.15) is 0 Å². The van der Waals surface area contributed by atoms with Gasteiger partial charge in [0, 0.05) is 33.3 Å². The molecule has 0 amide bonds. The van der Waals surface area contributed by atoms with E-state index in [-0.39, 0.29) is 16.2 Å². The maximum Gasteiger partial charge on any atom is 0.0465 e. The van der Waals surface area contributed by atoms with E-state index < -0.39 is 0 Å². The standard InChI is InChI=1S/C65H53N/c1-63(2)57-28-13-10-25-52(57)56-27-18-26-55(62(56)63)49-22-9-8-21-48(49)43-31-33-45(34-32-43)66(47-36-38-54-51-24-12-15-30-59(51)65(61(54)42-47)39-16-5-17-40-65)46-35-37-53-50-23-11-14-29-58(50)64(3,60(53)41-46)44-19-6-4-7-20-44/h4,6-15,18-38,41-42H,5,16-17,39-40H2,1-3H3. The molecule has 0 aliphatic heterocycles. The summed E-state index contributed by atoms with van der Waals surface area (Å²) in [5.41, 5.74) is 26.3. The van der Waals surface area contributed by atoms with Gasteiger partial charge in [-0.1, -0.05) is 203 Å². The van der Waals surface area contributed by atoms with Crippen LogP contribution in [-0.4, -0.2) is 0 Å². The van der Waals surface area contributed by atoms with Crippen LogP contribution in [0.4, 0.5) is 17.1 Å². The quantitative estimate of drug-likeness (QED) is 0.161. The van der Waals surface area contributed by atoms with Crippen LogP contribution in [0.25, 0.3) is 55.6 Å². The predicted molar refractivity (Wildman–Crippen MR) is 276 cm³/mol. The second-order valence-electron chi connectivity index (χ2n) is 20.0. The minimum Gasteiger partial charge on any atom is -0.310 e. The third kappa shape index (κ3) is 5.53. The van der Waals surface area contributed by atoms with Gasteiger partial charge >= 0.3 is 0 Å². The van der Waals surface area contributed by atoms with E-state index in [1.54, 1.807) is 0 Å². The Labute approximate surface area is 390 Å². The predicted octanol–water partition coefficient (Wildman–Crippen LogP) is 17.4. The van der Waals surface area contributed by atoms with Crippen LogP contribution in [0.15, 0.2) is 206 Å². The van der Waals surface area contributed by atoms with Gasteiger partial charge in [0.2, 0.25) is 0 Å². The Morgan fingerprint density at radius 3 is 1.48 bits per heavy atom. The molecule has 0 N–H and O–H groups in total. The summed E-state index contributed by atoms with van der Waals surface area (Å²) in [6, 6.07) is 78.3. The number of anilines is 3. The van der Waals surface area contributed by atoms with Crippen molar-refractivity contribution in [2.24, 2.45) is 0 Å². The van der Waals surface area contributed by atoms with Crippen molar-refractivity contribution in [3.63, 3.8) is 0 Å². The zero-order chi connectivity index (χ0) is 44.2. The molecule has 66 heavy (non-hydrogen) atoms. The highest BCUT2D eigenvalue weighted by molar-refractivity contribution is 5.94. The number of hydrogen-bond acceptors (Lipinski definition) is 1. The van der Waals surface area contributed by atoms with Crippen molar-refractivity contribution in [1.29, 1.82) is 0 Å². The van der Waals surface area contributed by atoms with E-state index in [9.17, 15) is 0 Å². The Balaban J connectivity index is 0.974. The van der Waals surface area contributed by atoms with Gasteiger partial charge in [0.15, 0.2) is 0 Å². The Morgan fingerprint density at radius 1 is 0.333 bits per heavy atom. The third-order valence-corrected chi connectivity index (χ3v) is 16.4. The molecule has 1 atom stereocenters. The van der Waals surface area contributed by atoms with Crippen LogP contribution < -0.4 is 4.90 Å². The molecule has 0 aromatic heterocycles. The van der Waals surface area contributed by atoms with E-state index in [1.807, 2.05) is 0 Å². The molecule has 9 aromatic carbocycles. The molecule has 318 valence electrons. The zero-order valence-corrected chi connectivity index (χ0v) is 38.1. The Bertz CT molecular complexity index is 3380. The molecule has 1 spiro atoms. The largest absolute Gasteiger partial charge is 0.310 e. The molecular weight excluding hydrogens is 795 g/mol. The van der Waals surface area contributed by atoms with Crippen molar-refractivity contribution >= 4 is 17.1 Å². The van der Waals surface area contributed by atoms with E-state index >= 15 is 0 Å². The van der Waals surface area contributed by atoms with Crippen LogP contribution in [0, 0.1) is 0 Å². The van der Waals surface area contributed by atoms with Gasteiger partial charge in [-0.3, -0.25) is 0 Å². The van der Waals surface area contributed by atoms with Gasteiger partial charge in [0.25, 0.3) is 0 Å². The number of hydrogen-bond donors (Lipinski definition) is 0. The van der Waals surface area contributed by atoms with Gasteiger partial charge in [-0.05, 0) is 151 Å². The van der Waals surface area contributed by atoms with Crippen molar-refractivity contribution in [3.8, 4) is 55.6 Å². The molecule has 1 nitrogen and oxygen atoms in total. The lowest BCUT2D eigenvalue weighted by molar-refractivity contribution is 0.353. The molecule has 1 heteroatoms. The highest BCUT2D eigenvalue weighted by Gasteiger charge is 2.45. The normalized spacial score (nSPS) is 17.6. The smallest absolute Gasteiger partial charge is 0.0465 e. The Hall–Kier alpha value is -7.22. The second kappa shape index (κ2) is 14.6. The van der Waals surface area contributed by atoms with E-state index in [2.05, 4.69) is 232 Å². The lowest BCUT2D eigenvalue weighted by atomic mass is 9.68. The fourth-order valence-electron chi connectivity index (χ4n) is 13.3. The first-order valence-electron chi connectivity index (χ1n) is 24.1. The van der Waals surface area contributed by atoms with Crippen molar-refractivity contribution in [3.05, 3.63) is 245 Å². The number of nitrogens with zero attached hydrogens (tertiary/aromatic N) is 1. The van der Waals surface area contributed by atoms with Crippen LogP contribution in [-0.2, 0) is 16.2 Å². The minimum absolute atomic E-state index is 0.0540. The summed E-state index contributed by atoms with van der Waals surface area (Å²) in [4.78, 5) is 2.54. The molecule has 4 aliphatic rings. The molecule has 1 unspecified atom stereocenters. The van der Waals surface area contributed by atoms with E-state index in [0.29, 0.717) is 0 Å². The molecular formula is C65H53N. The van der Waals surface area contributed by atoms with Crippen LogP contribution in [0.5, 0.6) is 0 Å². The van der Waals surface area contributed by atoms with Crippen molar-refractivity contribution < 1.29 is 0 Å². The topological polar surface area (TPSA) is 3.24 Å². The summed E-state index contributed by atoms with van der Waals surface area (Å²) >= 11 is 0. The summed E-state index contributed by atoms with van der Waals surface area (Å²) in [5.74, 6) is 0. The summed E-state index contributed by atoms with van der Waals surface area (Å²) in [6.07, 6.45) is 6.26. The highest BCUT2D eigenvalue weighted by Crippen LogP contribution is 2.59. The van der Waals surface area contributed by atoms with Crippen LogP contribution in [0.2, 0.25) is 0 Å². The van der Waals surface area contributed by atoms with Crippen LogP contribution >= 0.6 is 0 Å². The maximum atomic E-state index is 2.57. The molecule has 4 aliphatic carbocycles. The van der Waals surface area contributed by atoms with E-state index in [1.165, 1.54) is 138 Å². The monoisotopic (exact) mass is 847 g/mol. The zero-order valence-electron chi connectivity index (χ0n) is 38.1. The van der Waals surface area contributed by atoms with Gasteiger partial charge in [-0.25, -0.2) is 0 Å². The first kappa shape index (κ1) is 39.2. The first-order valence-corrected chi connectivity index (χ1v) is 24.1. The van der Waals surface area contributed by atoms with E-state index in [4.69, 9.17) is 0 Å².